The second kappa shape index (κ2) is 31.5. The lowest BCUT2D eigenvalue weighted by atomic mass is 9.98. The highest BCUT2D eigenvalue weighted by Crippen LogP contribution is 2.33. The van der Waals surface area contributed by atoms with Gasteiger partial charge >= 0.3 is 0 Å². The Morgan fingerprint density at radius 3 is 0.766 bits per heavy atom. The van der Waals surface area contributed by atoms with Crippen LogP contribution in [0.4, 0.5) is 0 Å². The van der Waals surface area contributed by atoms with Crippen LogP contribution in [0, 0.1) is 0 Å². The van der Waals surface area contributed by atoms with E-state index in [1.807, 2.05) is 0 Å². The first-order valence-electron chi connectivity index (χ1n) is 23.3. The van der Waals surface area contributed by atoms with Gasteiger partial charge in [0.25, 0.3) is 0 Å². The average Bonchev–Trinajstić information content (AvgIpc) is 3.41. The van der Waals surface area contributed by atoms with Crippen LogP contribution in [0.25, 0.3) is 0 Å². The molecular formula is C42H71NO34. The normalized spacial score (nSPS) is 43.0. The first-order chi connectivity index (χ1) is 36.3. The zero-order valence-corrected chi connectivity index (χ0v) is 40.5. The van der Waals surface area contributed by atoms with Crippen LogP contribution in [0.1, 0.15) is 32.1 Å². The lowest BCUT2D eigenvalue weighted by molar-refractivity contribution is -0.329. The molecule has 0 amide bonds. The molecule has 5 aliphatic rings. The minimum absolute atomic E-state index is 0.692. The molecule has 448 valence electrons. The van der Waals surface area contributed by atoms with Crippen molar-refractivity contribution in [2.75, 3.05) is 46.2 Å². The topological polar surface area (TPSA) is 615 Å². The van der Waals surface area contributed by atoms with Crippen LogP contribution in [-0.2, 0) is 42.6 Å². The standard InChI is InChI=1S/C42H71NO34/c43-11-18-34-25(55)32(62)41(74-18)72-16(4-9-47)23(53)28(58)38(66)71-15(3-8-46)22(52)31(61)40(68)77-35-19(12-49)75-42(33(63)26(35)56)73-17(5-10-48)24(54)29(59)37(65)69-13(1-6-44)20(50)27(57)36(64)70-14(2-7-45)21(51)30(60)39(67)76-34/h13-19,25-26,32-42,44-68H,1-12,43H2/b27-20-,28-23-,29-24+,30-21-,31-22-. The summed E-state index contributed by atoms with van der Waals surface area (Å²) in [7, 11) is 0. The van der Waals surface area contributed by atoms with Crippen LogP contribution in [-0.4, -0.2) is 297 Å². The molecule has 0 aromatic heterocycles. The lowest BCUT2D eigenvalue weighted by Crippen LogP contribution is -2.62. The number of fused-ring (bicyclic) bond motifs is 2. The maximum Gasteiger partial charge on any atom is 0.218 e. The maximum atomic E-state index is 11.1. The van der Waals surface area contributed by atoms with Gasteiger partial charge in [-0.1, -0.05) is 0 Å². The Labute approximate surface area is 434 Å². The van der Waals surface area contributed by atoms with E-state index >= 15 is 0 Å². The fourth-order valence-corrected chi connectivity index (χ4v) is 7.51. The van der Waals surface area contributed by atoms with Crippen molar-refractivity contribution in [2.45, 2.75) is 155 Å². The molecule has 5 rings (SSSR count). The summed E-state index contributed by atoms with van der Waals surface area (Å²) < 4.78 is 47.5. The van der Waals surface area contributed by atoms with Gasteiger partial charge in [0.15, 0.2) is 70.2 Å². The summed E-state index contributed by atoms with van der Waals surface area (Å²) in [5.41, 5.74) is 5.77. The van der Waals surface area contributed by atoms with E-state index < -0.39 is 259 Å². The Bertz CT molecular complexity index is 1970. The van der Waals surface area contributed by atoms with Gasteiger partial charge in [0.1, 0.15) is 79.4 Å². The van der Waals surface area contributed by atoms with Crippen LogP contribution < -0.4 is 5.73 Å². The van der Waals surface area contributed by atoms with Crippen LogP contribution in [0.5, 0.6) is 0 Å². The van der Waals surface area contributed by atoms with E-state index in [1.54, 1.807) is 0 Å². The number of nitrogens with two attached hydrogens (primary N) is 1. The molecule has 0 saturated carbocycles. The largest absolute Gasteiger partial charge is 0.506 e. The molecule has 2 saturated heterocycles. The molecule has 4 bridgehead atoms. The Morgan fingerprint density at radius 2 is 0.519 bits per heavy atom. The van der Waals surface area contributed by atoms with Gasteiger partial charge in [-0.15, -0.1) is 0 Å². The molecule has 0 aliphatic carbocycles. The van der Waals surface area contributed by atoms with Crippen molar-refractivity contribution in [1.29, 1.82) is 0 Å². The van der Waals surface area contributed by atoms with Crippen LogP contribution in [0.3, 0.4) is 0 Å². The third kappa shape index (κ3) is 17.1. The lowest BCUT2D eigenvalue weighted by Gasteiger charge is -2.43. The number of aliphatic hydroxyl groups excluding tert-OH is 25. The monoisotopic (exact) mass is 1130 g/mol. The third-order valence-corrected chi connectivity index (χ3v) is 11.7. The third-order valence-electron chi connectivity index (χ3n) is 11.7. The molecule has 0 spiro atoms. The zero-order valence-electron chi connectivity index (χ0n) is 40.5. The second-order valence-electron chi connectivity index (χ2n) is 17.0. The summed E-state index contributed by atoms with van der Waals surface area (Å²) in [5, 5.41) is 265. The summed E-state index contributed by atoms with van der Waals surface area (Å²) in [4.78, 5) is 0. The predicted molar refractivity (Wildman–Crippen MR) is 242 cm³/mol. The molecule has 0 aromatic rings. The SMILES string of the molecule is NCC1OC2OC(CCO)/C(O)=C(/O)C(O)OC(CCO)/C(O)=C(/O)C(O)OC3C(CO)OC(OC(CCO)/C(O)=C(\O)C(O)OC(CCO)/C(O)=C(/O)C(O)OC(CCO)/C(O)=C(/O)C(O)OC1C(O)C2O)C(O)C3O. The van der Waals surface area contributed by atoms with Gasteiger partial charge in [-0.25, -0.2) is 0 Å². The summed E-state index contributed by atoms with van der Waals surface area (Å²) in [6.45, 7) is -6.54. The molecule has 35 nitrogen and oxygen atoms in total. The Morgan fingerprint density at radius 1 is 0.286 bits per heavy atom. The highest BCUT2D eigenvalue weighted by atomic mass is 16.7. The highest BCUT2D eigenvalue weighted by Gasteiger charge is 2.50. The van der Waals surface area contributed by atoms with Gasteiger partial charge in [-0.05, 0) is 0 Å². The number of hydrogen-bond donors (Lipinski definition) is 26. The van der Waals surface area contributed by atoms with Crippen molar-refractivity contribution in [2.24, 2.45) is 5.73 Å². The van der Waals surface area contributed by atoms with Crippen molar-refractivity contribution in [3.05, 3.63) is 57.6 Å². The van der Waals surface area contributed by atoms with E-state index in [9.17, 15) is 128 Å². The quantitative estimate of drug-likeness (QED) is 0.0863. The van der Waals surface area contributed by atoms with Gasteiger partial charge in [-0.2, -0.15) is 0 Å². The molecule has 35 heteroatoms. The van der Waals surface area contributed by atoms with Crippen molar-refractivity contribution in [3.63, 3.8) is 0 Å². The fraction of sp³-hybridized carbons (Fsp3) is 0.762. The summed E-state index contributed by atoms with van der Waals surface area (Å²) >= 11 is 0. The van der Waals surface area contributed by atoms with Gasteiger partial charge in [0.05, 0.1) is 6.61 Å². The molecule has 5 heterocycles. The van der Waals surface area contributed by atoms with Crippen LogP contribution in [0.15, 0.2) is 57.6 Å². The average molecular weight is 1130 g/mol. The second-order valence-corrected chi connectivity index (χ2v) is 17.0. The van der Waals surface area contributed by atoms with Gasteiger partial charge in [-0.3, -0.25) is 0 Å². The Balaban J connectivity index is 2.20. The molecule has 0 radical (unpaired) electrons. The summed E-state index contributed by atoms with van der Waals surface area (Å²) in [6, 6.07) is 0. The van der Waals surface area contributed by atoms with Crippen molar-refractivity contribution >= 4 is 0 Å². The fourth-order valence-electron chi connectivity index (χ4n) is 7.51. The molecule has 0 aromatic carbocycles. The van der Waals surface area contributed by atoms with Crippen molar-refractivity contribution in [3.8, 4) is 0 Å². The maximum absolute atomic E-state index is 11.1. The highest BCUT2D eigenvalue weighted by molar-refractivity contribution is 5.14. The minimum Gasteiger partial charge on any atom is -0.506 e. The number of aliphatic hydroxyl groups is 25. The Hall–Kier alpha value is -4.30. The molecule has 77 heavy (non-hydrogen) atoms. The number of hydrogen-bond acceptors (Lipinski definition) is 35. The molecule has 27 N–H and O–H groups in total. The van der Waals surface area contributed by atoms with Crippen LogP contribution >= 0.6 is 0 Å². The van der Waals surface area contributed by atoms with E-state index in [-0.39, 0.29) is 0 Å². The molecule has 2 fully saturated rings. The van der Waals surface area contributed by atoms with E-state index in [0.717, 1.165) is 0 Å². The van der Waals surface area contributed by atoms with Gasteiger partial charge in [0.2, 0.25) is 31.5 Å². The predicted octanol–water partition coefficient (Wildman–Crippen LogP) is -7.32. The van der Waals surface area contributed by atoms with Crippen molar-refractivity contribution < 1.29 is 170 Å². The van der Waals surface area contributed by atoms with E-state index in [0.29, 0.717) is 0 Å². The number of rotatable bonds is 12. The van der Waals surface area contributed by atoms with Gasteiger partial charge in [0, 0.05) is 71.7 Å². The van der Waals surface area contributed by atoms with Crippen LogP contribution in [0.2, 0.25) is 0 Å². The first-order valence-corrected chi connectivity index (χ1v) is 23.3. The molecule has 20 unspecified atom stereocenters. The van der Waals surface area contributed by atoms with E-state index in [4.69, 9.17) is 48.4 Å². The Kier molecular flexibility index (Phi) is 27.4. The summed E-state index contributed by atoms with van der Waals surface area (Å²) in [5.74, 6) is -15.3. The molecule has 5 aliphatic heterocycles. The number of ether oxygens (including phenoxy) is 9. The van der Waals surface area contributed by atoms with Gasteiger partial charge < -0.3 is 176 Å². The van der Waals surface area contributed by atoms with E-state index in [2.05, 4.69) is 0 Å². The summed E-state index contributed by atoms with van der Waals surface area (Å²) in [6.07, 6.45) is -49.7. The zero-order chi connectivity index (χ0) is 58.2. The molecular weight excluding hydrogens is 1060 g/mol. The van der Waals surface area contributed by atoms with Crippen molar-refractivity contribution in [1.82, 2.24) is 0 Å². The first kappa shape index (κ1) is 67.0. The minimum atomic E-state index is -2.82. The molecule has 20 atom stereocenters. The smallest absolute Gasteiger partial charge is 0.218 e. The van der Waals surface area contributed by atoms with E-state index in [1.165, 1.54) is 0 Å².